The fourth-order valence-electron chi connectivity index (χ4n) is 3.72. The number of aromatic nitrogens is 2. The topological polar surface area (TPSA) is 121 Å². The number of hydrazine groups is 1. The smallest absolute Gasteiger partial charge is 0.290 e. The highest BCUT2D eigenvalue weighted by molar-refractivity contribution is 6.06. The minimum absolute atomic E-state index is 0.00803. The van der Waals surface area contributed by atoms with E-state index in [4.69, 9.17) is 14.2 Å². The number of benzene rings is 3. The van der Waals surface area contributed by atoms with Gasteiger partial charge in [-0.2, -0.15) is 5.10 Å². The van der Waals surface area contributed by atoms with Crippen LogP contribution in [-0.4, -0.2) is 42.9 Å². The molecule has 0 saturated heterocycles. The van der Waals surface area contributed by atoms with Crippen LogP contribution in [0.2, 0.25) is 0 Å². The highest BCUT2D eigenvalue weighted by Crippen LogP contribution is 2.38. The molecule has 0 spiro atoms. The summed E-state index contributed by atoms with van der Waals surface area (Å²) in [5.41, 5.74) is 5.42. The monoisotopic (exact) mass is 488 g/mol. The number of methoxy groups -OCH3 is 3. The molecule has 1 heterocycles. The maximum atomic E-state index is 13.1. The average Bonchev–Trinajstić information content (AvgIpc) is 2.92. The quantitative estimate of drug-likeness (QED) is 0.384. The van der Waals surface area contributed by atoms with Crippen molar-refractivity contribution in [1.29, 1.82) is 0 Å². The van der Waals surface area contributed by atoms with Crippen LogP contribution in [0, 0.1) is 0 Å². The van der Waals surface area contributed by atoms with Gasteiger partial charge >= 0.3 is 0 Å². The van der Waals surface area contributed by atoms with Crippen LogP contribution in [-0.2, 0) is 6.54 Å². The highest BCUT2D eigenvalue weighted by atomic mass is 16.5. The SMILES string of the molecule is COc1cc(C(=O)NNC(=O)c2nn(Cc3ccccc3)c(=O)c3ccccc23)cc(OC)c1OC. The second-order valence-electron chi connectivity index (χ2n) is 7.66. The van der Waals surface area contributed by atoms with Gasteiger partial charge in [-0.25, -0.2) is 4.68 Å². The van der Waals surface area contributed by atoms with E-state index in [9.17, 15) is 14.4 Å². The fraction of sp³-hybridized carbons (Fsp3) is 0.154. The van der Waals surface area contributed by atoms with Crippen molar-refractivity contribution < 1.29 is 23.8 Å². The van der Waals surface area contributed by atoms with Gasteiger partial charge in [0, 0.05) is 10.9 Å². The van der Waals surface area contributed by atoms with Gasteiger partial charge in [0.1, 0.15) is 0 Å². The molecule has 0 aliphatic carbocycles. The first-order valence-electron chi connectivity index (χ1n) is 10.9. The van der Waals surface area contributed by atoms with Crippen molar-refractivity contribution in [1.82, 2.24) is 20.6 Å². The standard InChI is InChI=1S/C26H24N4O6/c1-34-20-13-17(14-21(35-2)23(20)36-3)24(31)27-28-25(32)22-18-11-7-8-12-19(18)26(33)30(29-22)15-16-9-5-4-6-10-16/h4-14H,15H2,1-3H3,(H,27,31)(H,28,32). The van der Waals surface area contributed by atoms with E-state index in [-0.39, 0.29) is 34.9 Å². The first kappa shape index (κ1) is 24.3. The molecule has 1 aromatic heterocycles. The molecule has 0 fully saturated rings. The van der Waals surface area contributed by atoms with Gasteiger partial charge in [0.05, 0.1) is 33.3 Å². The molecular weight excluding hydrogens is 464 g/mol. The van der Waals surface area contributed by atoms with E-state index in [2.05, 4.69) is 16.0 Å². The number of hydrogen-bond acceptors (Lipinski definition) is 7. The molecule has 4 rings (SSSR count). The van der Waals surface area contributed by atoms with Crippen LogP contribution < -0.4 is 30.6 Å². The Balaban J connectivity index is 1.62. The first-order chi connectivity index (χ1) is 17.5. The lowest BCUT2D eigenvalue weighted by Gasteiger charge is -2.15. The van der Waals surface area contributed by atoms with Crippen LogP contribution >= 0.6 is 0 Å². The Labute approximate surface area is 206 Å². The zero-order valence-electron chi connectivity index (χ0n) is 19.9. The lowest BCUT2D eigenvalue weighted by atomic mass is 10.1. The molecule has 0 radical (unpaired) electrons. The molecule has 0 aliphatic rings. The third kappa shape index (κ3) is 4.83. The molecule has 4 aromatic rings. The molecule has 2 N–H and O–H groups in total. The van der Waals surface area contributed by atoms with E-state index < -0.39 is 11.8 Å². The number of fused-ring (bicyclic) bond motifs is 1. The number of rotatable bonds is 7. The number of nitrogens with zero attached hydrogens (tertiary/aromatic N) is 2. The minimum Gasteiger partial charge on any atom is -0.493 e. The van der Waals surface area contributed by atoms with Gasteiger partial charge in [0.2, 0.25) is 5.75 Å². The maximum Gasteiger partial charge on any atom is 0.290 e. The van der Waals surface area contributed by atoms with Crippen LogP contribution in [0.3, 0.4) is 0 Å². The third-order valence-corrected chi connectivity index (χ3v) is 5.47. The molecule has 0 atom stereocenters. The predicted octanol–water partition coefficient (Wildman–Crippen LogP) is 2.55. The summed E-state index contributed by atoms with van der Waals surface area (Å²) in [7, 11) is 4.32. The normalized spacial score (nSPS) is 10.5. The predicted molar refractivity (Wildman–Crippen MR) is 133 cm³/mol. The van der Waals surface area contributed by atoms with Gasteiger partial charge in [-0.15, -0.1) is 0 Å². The summed E-state index contributed by atoms with van der Waals surface area (Å²) < 4.78 is 17.0. The fourth-order valence-corrected chi connectivity index (χ4v) is 3.72. The Hall–Kier alpha value is -4.86. The van der Waals surface area contributed by atoms with Gasteiger partial charge in [-0.1, -0.05) is 48.5 Å². The van der Waals surface area contributed by atoms with Crippen molar-refractivity contribution in [2.24, 2.45) is 0 Å². The van der Waals surface area contributed by atoms with Crippen LogP contribution in [0.5, 0.6) is 17.2 Å². The third-order valence-electron chi connectivity index (χ3n) is 5.47. The zero-order valence-corrected chi connectivity index (χ0v) is 19.9. The summed E-state index contributed by atoms with van der Waals surface area (Å²) in [6.45, 7) is 0.183. The average molecular weight is 489 g/mol. The summed E-state index contributed by atoms with van der Waals surface area (Å²) >= 11 is 0. The van der Waals surface area contributed by atoms with Crippen molar-refractivity contribution >= 4 is 22.6 Å². The van der Waals surface area contributed by atoms with E-state index in [0.717, 1.165) is 5.56 Å². The van der Waals surface area contributed by atoms with Crippen LogP contribution in [0.25, 0.3) is 10.8 Å². The summed E-state index contributed by atoms with van der Waals surface area (Å²) in [6.07, 6.45) is 0. The van der Waals surface area contributed by atoms with Crippen molar-refractivity contribution in [2.75, 3.05) is 21.3 Å². The Morgan fingerprint density at radius 3 is 2.00 bits per heavy atom. The highest BCUT2D eigenvalue weighted by Gasteiger charge is 2.20. The van der Waals surface area contributed by atoms with Gasteiger partial charge in [-0.05, 0) is 23.8 Å². The van der Waals surface area contributed by atoms with Crippen LogP contribution in [0.15, 0.2) is 71.5 Å². The van der Waals surface area contributed by atoms with Crippen molar-refractivity contribution in [3.05, 3.63) is 93.9 Å². The second kappa shape index (κ2) is 10.6. The summed E-state index contributed by atoms with van der Waals surface area (Å²) in [4.78, 5) is 38.9. The number of carbonyl (C=O) groups is 2. The molecule has 184 valence electrons. The number of ether oxygens (including phenoxy) is 3. The summed E-state index contributed by atoms with van der Waals surface area (Å²) in [5, 5.41) is 5.01. The molecule has 10 heteroatoms. The minimum atomic E-state index is -0.686. The van der Waals surface area contributed by atoms with E-state index in [1.807, 2.05) is 30.3 Å². The Bertz CT molecular complexity index is 1460. The lowest BCUT2D eigenvalue weighted by molar-refractivity contribution is 0.0843. The van der Waals surface area contributed by atoms with Crippen molar-refractivity contribution in [3.8, 4) is 17.2 Å². The van der Waals surface area contributed by atoms with E-state index >= 15 is 0 Å². The van der Waals surface area contributed by atoms with E-state index in [0.29, 0.717) is 16.5 Å². The van der Waals surface area contributed by atoms with Crippen molar-refractivity contribution in [3.63, 3.8) is 0 Å². The zero-order chi connectivity index (χ0) is 25.7. The Morgan fingerprint density at radius 2 is 1.39 bits per heavy atom. The largest absolute Gasteiger partial charge is 0.493 e. The molecule has 36 heavy (non-hydrogen) atoms. The van der Waals surface area contributed by atoms with Crippen LogP contribution in [0.1, 0.15) is 26.4 Å². The number of hydrogen-bond donors (Lipinski definition) is 2. The van der Waals surface area contributed by atoms with Gasteiger partial charge in [0.15, 0.2) is 17.2 Å². The van der Waals surface area contributed by atoms with E-state index in [1.165, 1.54) is 38.1 Å². The molecule has 0 saturated carbocycles. The lowest BCUT2D eigenvalue weighted by Crippen LogP contribution is -2.42. The molecule has 0 bridgehead atoms. The Kier molecular flexibility index (Phi) is 7.15. The maximum absolute atomic E-state index is 13.1. The van der Waals surface area contributed by atoms with Gasteiger partial charge in [0.25, 0.3) is 17.4 Å². The molecule has 0 unspecified atom stereocenters. The molecule has 0 aliphatic heterocycles. The number of carbonyl (C=O) groups excluding carboxylic acids is 2. The first-order valence-corrected chi connectivity index (χ1v) is 10.9. The van der Waals surface area contributed by atoms with E-state index in [1.54, 1.807) is 24.3 Å². The van der Waals surface area contributed by atoms with Crippen LogP contribution in [0.4, 0.5) is 0 Å². The van der Waals surface area contributed by atoms with Crippen molar-refractivity contribution in [2.45, 2.75) is 6.54 Å². The summed E-state index contributed by atoms with van der Waals surface area (Å²) in [5.74, 6) is -0.404. The number of amides is 2. The molecular formula is C26H24N4O6. The molecule has 3 aromatic carbocycles. The molecule has 2 amide bonds. The molecule has 10 nitrogen and oxygen atoms in total. The Morgan fingerprint density at radius 1 is 0.806 bits per heavy atom. The van der Waals surface area contributed by atoms with Gasteiger partial charge in [-0.3, -0.25) is 25.2 Å². The van der Waals surface area contributed by atoms with Gasteiger partial charge < -0.3 is 14.2 Å². The number of nitrogens with one attached hydrogen (secondary N) is 2. The second-order valence-corrected chi connectivity index (χ2v) is 7.66. The summed E-state index contributed by atoms with van der Waals surface area (Å²) in [6, 6.07) is 18.9.